The van der Waals surface area contributed by atoms with E-state index in [0.29, 0.717) is 16.0 Å². The van der Waals surface area contributed by atoms with Crippen molar-refractivity contribution in [1.82, 2.24) is 0 Å². The first-order valence-electron chi connectivity index (χ1n) is 5.02. The summed E-state index contributed by atoms with van der Waals surface area (Å²) in [6, 6.07) is 12.0. The lowest BCUT2D eigenvalue weighted by Crippen LogP contribution is -1.96. The predicted molar refractivity (Wildman–Crippen MR) is 75.3 cm³/mol. The largest absolute Gasteiger partial charge is 0.478 e. The van der Waals surface area contributed by atoms with E-state index < -0.39 is 5.97 Å². The minimum Gasteiger partial charge on any atom is -0.478 e. The maximum Gasteiger partial charge on any atom is 0.335 e. The summed E-state index contributed by atoms with van der Waals surface area (Å²) in [5.41, 5.74) is 0.177. The van der Waals surface area contributed by atoms with Crippen molar-refractivity contribution in [3.05, 3.63) is 57.0 Å². The number of ether oxygens (including phenoxy) is 1. The van der Waals surface area contributed by atoms with E-state index in [1.807, 2.05) is 12.1 Å². The molecular formula is C13H8Br2O3. The predicted octanol–water partition coefficient (Wildman–Crippen LogP) is 4.70. The number of benzene rings is 2. The van der Waals surface area contributed by atoms with Crippen molar-refractivity contribution in [3.63, 3.8) is 0 Å². The van der Waals surface area contributed by atoms with Crippen LogP contribution in [0.2, 0.25) is 0 Å². The van der Waals surface area contributed by atoms with Crippen molar-refractivity contribution in [2.75, 3.05) is 0 Å². The summed E-state index contributed by atoms with van der Waals surface area (Å²) in [4.78, 5) is 10.9. The average Bonchev–Trinajstić information content (AvgIpc) is 2.31. The van der Waals surface area contributed by atoms with Crippen LogP contribution in [0.5, 0.6) is 11.5 Å². The number of carbonyl (C=O) groups is 1. The molecule has 2 aromatic rings. The first kappa shape index (κ1) is 13.1. The molecule has 92 valence electrons. The van der Waals surface area contributed by atoms with E-state index in [1.54, 1.807) is 18.2 Å². The van der Waals surface area contributed by atoms with Crippen LogP contribution in [0, 0.1) is 0 Å². The second kappa shape index (κ2) is 5.54. The third-order valence-electron chi connectivity index (χ3n) is 2.17. The van der Waals surface area contributed by atoms with Gasteiger partial charge in [0, 0.05) is 8.95 Å². The van der Waals surface area contributed by atoms with Gasteiger partial charge >= 0.3 is 5.97 Å². The van der Waals surface area contributed by atoms with Gasteiger partial charge in [0.15, 0.2) is 0 Å². The molecule has 0 aliphatic heterocycles. The zero-order chi connectivity index (χ0) is 13.1. The zero-order valence-electron chi connectivity index (χ0n) is 9.06. The molecule has 18 heavy (non-hydrogen) atoms. The molecule has 0 fully saturated rings. The molecule has 0 aliphatic rings. The Morgan fingerprint density at radius 1 is 0.944 bits per heavy atom. The van der Waals surface area contributed by atoms with Crippen LogP contribution in [0.1, 0.15) is 10.4 Å². The molecule has 5 heteroatoms. The highest BCUT2D eigenvalue weighted by Gasteiger charge is 2.07. The monoisotopic (exact) mass is 370 g/mol. The number of hydrogen-bond acceptors (Lipinski definition) is 2. The van der Waals surface area contributed by atoms with Gasteiger partial charge in [-0.15, -0.1) is 0 Å². The highest BCUT2D eigenvalue weighted by Crippen LogP contribution is 2.27. The molecule has 3 nitrogen and oxygen atoms in total. The maximum absolute atomic E-state index is 10.9. The second-order valence-electron chi connectivity index (χ2n) is 3.54. The molecule has 0 spiro atoms. The second-order valence-corrected chi connectivity index (χ2v) is 5.37. The highest BCUT2D eigenvalue weighted by molar-refractivity contribution is 9.10. The van der Waals surface area contributed by atoms with E-state index in [-0.39, 0.29) is 5.56 Å². The van der Waals surface area contributed by atoms with E-state index in [4.69, 9.17) is 9.84 Å². The fourth-order valence-corrected chi connectivity index (χ4v) is 2.12. The molecule has 1 N–H and O–H groups in total. The van der Waals surface area contributed by atoms with Crippen molar-refractivity contribution in [3.8, 4) is 11.5 Å². The van der Waals surface area contributed by atoms with E-state index in [2.05, 4.69) is 31.9 Å². The summed E-state index contributed by atoms with van der Waals surface area (Å²) >= 11 is 6.59. The molecule has 2 rings (SSSR count). The Balaban J connectivity index is 2.28. The van der Waals surface area contributed by atoms with Gasteiger partial charge in [0.2, 0.25) is 0 Å². The summed E-state index contributed by atoms with van der Waals surface area (Å²) in [6.07, 6.45) is 0. The number of rotatable bonds is 3. The Labute approximate surface area is 121 Å². The molecule has 0 amide bonds. The SMILES string of the molecule is O=C(O)c1cc(Br)cc(Oc2ccc(Br)cc2)c1. The summed E-state index contributed by atoms with van der Waals surface area (Å²) in [6.45, 7) is 0. The molecule has 0 saturated heterocycles. The van der Waals surface area contributed by atoms with Gasteiger partial charge < -0.3 is 9.84 Å². The van der Waals surface area contributed by atoms with Crippen LogP contribution in [-0.4, -0.2) is 11.1 Å². The minimum absolute atomic E-state index is 0.177. The summed E-state index contributed by atoms with van der Waals surface area (Å²) in [7, 11) is 0. The van der Waals surface area contributed by atoms with Gasteiger partial charge in [-0.3, -0.25) is 0 Å². The van der Waals surface area contributed by atoms with Crippen LogP contribution in [0.15, 0.2) is 51.4 Å². The lowest BCUT2D eigenvalue weighted by atomic mass is 10.2. The van der Waals surface area contributed by atoms with Gasteiger partial charge in [-0.2, -0.15) is 0 Å². The molecule has 0 heterocycles. The molecule has 0 aromatic heterocycles. The van der Waals surface area contributed by atoms with Crippen molar-refractivity contribution in [2.24, 2.45) is 0 Å². The van der Waals surface area contributed by atoms with Crippen LogP contribution >= 0.6 is 31.9 Å². The number of carboxylic acid groups (broad SMARTS) is 1. The van der Waals surface area contributed by atoms with Gasteiger partial charge in [-0.1, -0.05) is 31.9 Å². The first-order chi connectivity index (χ1) is 8.54. The lowest BCUT2D eigenvalue weighted by Gasteiger charge is -2.07. The fourth-order valence-electron chi connectivity index (χ4n) is 1.38. The van der Waals surface area contributed by atoms with Gasteiger partial charge in [-0.05, 0) is 42.5 Å². The molecule has 0 aliphatic carbocycles. The molecule has 0 unspecified atom stereocenters. The zero-order valence-corrected chi connectivity index (χ0v) is 12.2. The standard InChI is InChI=1S/C13H8Br2O3/c14-9-1-3-11(4-2-9)18-12-6-8(13(16)17)5-10(15)7-12/h1-7H,(H,16,17). The minimum atomic E-state index is -0.989. The molecule has 2 aromatic carbocycles. The average molecular weight is 372 g/mol. The Kier molecular flexibility index (Phi) is 4.04. The van der Waals surface area contributed by atoms with E-state index in [1.165, 1.54) is 12.1 Å². The molecule has 0 radical (unpaired) electrons. The van der Waals surface area contributed by atoms with Crippen LogP contribution in [0.4, 0.5) is 0 Å². The highest BCUT2D eigenvalue weighted by atomic mass is 79.9. The molecule has 0 atom stereocenters. The summed E-state index contributed by atoms with van der Waals surface area (Å²) in [5.74, 6) is 0.133. The maximum atomic E-state index is 10.9. The van der Waals surface area contributed by atoms with Gasteiger partial charge in [0.05, 0.1) is 5.56 Å². The van der Waals surface area contributed by atoms with E-state index >= 15 is 0 Å². The van der Waals surface area contributed by atoms with Crippen molar-refractivity contribution in [1.29, 1.82) is 0 Å². The Bertz CT molecular complexity index is 579. The van der Waals surface area contributed by atoms with Gasteiger partial charge in [0.1, 0.15) is 11.5 Å². The third kappa shape index (κ3) is 3.34. The quantitative estimate of drug-likeness (QED) is 0.850. The normalized spacial score (nSPS) is 10.1. The molecule has 0 bridgehead atoms. The van der Waals surface area contributed by atoms with Crippen LogP contribution in [0.25, 0.3) is 0 Å². The van der Waals surface area contributed by atoms with Crippen LogP contribution < -0.4 is 4.74 Å². The first-order valence-corrected chi connectivity index (χ1v) is 6.60. The Morgan fingerprint density at radius 3 is 2.22 bits per heavy atom. The lowest BCUT2D eigenvalue weighted by molar-refractivity contribution is 0.0696. The third-order valence-corrected chi connectivity index (χ3v) is 3.15. The Hall–Kier alpha value is -1.33. The number of carboxylic acids is 1. The van der Waals surface area contributed by atoms with Crippen molar-refractivity contribution >= 4 is 37.8 Å². The van der Waals surface area contributed by atoms with Gasteiger partial charge in [-0.25, -0.2) is 4.79 Å². The smallest absolute Gasteiger partial charge is 0.335 e. The fraction of sp³-hybridized carbons (Fsp3) is 0. The van der Waals surface area contributed by atoms with Crippen LogP contribution in [0.3, 0.4) is 0 Å². The van der Waals surface area contributed by atoms with Gasteiger partial charge in [0.25, 0.3) is 0 Å². The van der Waals surface area contributed by atoms with Crippen LogP contribution in [-0.2, 0) is 0 Å². The summed E-state index contributed by atoms with van der Waals surface area (Å²) < 4.78 is 7.21. The van der Waals surface area contributed by atoms with E-state index in [9.17, 15) is 4.79 Å². The van der Waals surface area contributed by atoms with Crippen molar-refractivity contribution < 1.29 is 14.6 Å². The topological polar surface area (TPSA) is 46.5 Å². The number of halogens is 2. The number of hydrogen-bond donors (Lipinski definition) is 1. The van der Waals surface area contributed by atoms with E-state index in [0.717, 1.165) is 4.47 Å². The Morgan fingerprint density at radius 2 is 1.61 bits per heavy atom. The summed E-state index contributed by atoms with van der Waals surface area (Å²) in [5, 5.41) is 8.95. The molecule has 0 saturated carbocycles. The number of aromatic carboxylic acids is 1. The van der Waals surface area contributed by atoms with Crippen molar-refractivity contribution in [2.45, 2.75) is 0 Å². The molecular weight excluding hydrogens is 364 g/mol.